The second-order valence-corrected chi connectivity index (χ2v) is 4.80. The summed E-state index contributed by atoms with van der Waals surface area (Å²) in [6, 6.07) is 8.95. The zero-order chi connectivity index (χ0) is 12.8. The Bertz CT molecular complexity index is 344. The van der Waals surface area contributed by atoms with Gasteiger partial charge in [-0.05, 0) is 50.4 Å². The molecule has 18 heavy (non-hydrogen) atoms. The minimum Gasteiger partial charge on any atom is -0.497 e. The van der Waals surface area contributed by atoms with Crippen molar-refractivity contribution in [3.63, 3.8) is 0 Å². The Morgan fingerprint density at radius 1 is 1.22 bits per heavy atom. The van der Waals surface area contributed by atoms with Crippen LogP contribution in [0.15, 0.2) is 24.3 Å². The van der Waals surface area contributed by atoms with E-state index in [9.17, 15) is 0 Å². The Balaban J connectivity index is 1.61. The van der Waals surface area contributed by atoms with Crippen LogP contribution in [0.4, 0.5) is 0 Å². The Hall–Kier alpha value is -1.06. The van der Waals surface area contributed by atoms with Crippen molar-refractivity contribution in [3.8, 4) is 5.75 Å². The van der Waals surface area contributed by atoms with Crippen LogP contribution >= 0.6 is 0 Å². The molecule has 1 fully saturated rings. The highest BCUT2D eigenvalue weighted by Crippen LogP contribution is 2.23. The molecule has 0 bridgehead atoms. The first-order valence-electron chi connectivity index (χ1n) is 6.79. The fourth-order valence-corrected chi connectivity index (χ4v) is 2.32. The summed E-state index contributed by atoms with van der Waals surface area (Å²) in [6.45, 7) is 3.93. The topological polar surface area (TPSA) is 30.5 Å². The third-order valence-electron chi connectivity index (χ3n) is 3.50. The first kappa shape index (κ1) is 13.4. The van der Waals surface area contributed by atoms with E-state index in [-0.39, 0.29) is 0 Å². The van der Waals surface area contributed by atoms with Crippen LogP contribution in [0, 0.1) is 0 Å². The Labute approximate surface area is 109 Å². The molecule has 0 atom stereocenters. The first-order valence-corrected chi connectivity index (χ1v) is 6.79. The molecule has 2 rings (SSSR count). The highest BCUT2D eigenvalue weighted by Gasteiger charge is 2.28. The number of benzene rings is 1. The van der Waals surface area contributed by atoms with Crippen LogP contribution in [0.2, 0.25) is 0 Å². The van der Waals surface area contributed by atoms with Gasteiger partial charge in [0.15, 0.2) is 0 Å². The summed E-state index contributed by atoms with van der Waals surface area (Å²) >= 11 is 0. The maximum absolute atomic E-state index is 5.54. The SMILES string of the molecule is CCOC1CC(NCCc2ccc(OC)cc2)C1. The number of methoxy groups -OCH3 is 1. The fourth-order valence-electron chi connectivity index (χ4n) is 2.32. The van der Waals surface area contributed by atoms with Crippen LogP contribution in [0.3, 0.4) is 0 Å². The van der Waals surface area contributed by atoms with E-state index in [1.54, 1.807) is 7.11 Å². The van der Waals surface area contributed by atoms with Gasteiger partial charge in [-0.15, -0.1) is 0 Å². The minimum absolute atomic E-state index is 0.494. The van der Waals surface area contributed by atoms with Gasteiger partial charge >= 0.3 is 0 Å². The predicted octanol–water partition coefficient (Wildman–Crippen LogP) is 2.39. The molecule has 1 aliphatic rings. The lowest BCUT2D eigenvalue weighted by Gasteiger charge is -2.35. The molecule has 0 aliphatic heterocycles. The monoisotopic (exact) mass is 249 g/mol. The van der Waals surface area contributed by atoms with Crippen molar-refractivity contribution in [2.75, 3.05) is 20.3 Å². The van der Waals surface area contributed by atoms with Crippen molar-refractivity contribution >= 4 is 0 Å². The summed E-state index contributed by atoms with van der Waals surface area (Å²) in [7, 11) is 1.70. The average molecular weight is 249 g/mol. The summed E-state index contributed by atoms with van der Waals surface area (Å²) < 4.78 is 10.7. The number of hydrogen-bond donors (Lipinski definition) is 1. The highest BCUT2D eigenvalue weighted by molar-refractivity contribution is 5.27. The van der Waals surface area contributed by atoms with Crippen molar-refractivity contribution in [2.24, 2.45) is 0 Å². The second kappa shape index (κ2) is 6.76. The van der Waals surface area contributed by atoms with E-state index in [1.807, 2.05) is 12.1 Å². The van der Waals surface area contributed by atoms with E-state index >= 15 is 0 Å². The van der Waals surface area contributed by atoms with Crippen LogP contribution in [0.1, 0.15) is 25.3 Å². The normalized spacial score (nSPS) is 22.6. The Kier molecular flexibility index (Phi) is 5.02. The Morgan fingerprint density at radius 3 is 2.56 bits per heavy atom. The van der Waals surface area contributed by atoms with Crippen molar-refractivity contribution in [3.05, 3.63) is 29.8 Å². The molecule has 3 heteroatoms. The largest absolute Gasteiger partial charge is 0.497 e. The molecule has 0 saturated heterocycles. The molecule has 0 unspecified atom stereocenters. The average Bonchev–Trinajstić information content (AvgIpc) is 2.36. The number of hydrogen-bond acceptors (Lipinski definition) is 3. The van der Waals surface area contributed by atoms with E-state index in [0.29, 0.717) is 12.1 Å². The summed E-state index contributed by atoms with van der Waals surface area (Å²) in [5.74, 6) is 0.922. The molecule has 100 valence electrons. The van der Waals surface area contributed by atoms with Gasteiger partial charge in [0, 0.05) is 12.6 Å². The van der Waals surface area contributed by atoms with Gasteiger partial charge in [-0.1, -0.05) is 12.1 Å². The molecular weight excluding hydrogens is 226 g/mol. The molecule has 0 amide bonds. The molecule has 1 aromatic rings. The molecule has 1 N–H and O–H groups in total. The maximum Gasteiger partial charge on any atom is 0.118 e. The van der Waals surface area contributed by atoms with Crippen molar-refractivity contribution in [1.29, 1.82) is 0 Å². The van der Waals surface area contributed by atoms with Crippen LogP contribution < -0.4 is 10.1 Å². The summed E-state index contributed by atoms with van der Waals surface area (Å²) in [5, 5.41) is 3.57. The molecule has 0 radical (unpaired) electrons. The first-order chi connectivity index (χ1) is 8.81. The summed E-state index contributed by atoms with van der Waals surface area (Å²) in [4.78, 5) is 0. The maximum atomic E-state index is 5.54. The van der Waals surface area contributed by atoms with E-state index in [2.05, 4.69) is 24.4 Å². The summed E-state index contributed by atoms with van der Waals surface area (Å²) in [6.07, 6.45) is 3.89. The molecule has 1 saturated carbocycles. The molecule has 1 aliphatic carbocycles. The van der Waals surface area contributed by atoms with Gasteiger partial charge < -0.3 is 14.8 Å². The lowest BCUT2D eigenvalue weighted by molar-refractivity contribution is -0.00960. The number of nitrogens with one attached hydrogen (secondary N) is 1. The zero-order valence-corrected chi connectivity index (χ0v) is 11.3. The molecule has 0 aromatic heterocycles. The molecule has 0 heterocycles. The van der Waals surface area contributed by atoms with Gasteiger partial charge in [0.25, 0.3) is 0 Å². The minimum atomic E-state index is 0.494. The lowest BCUT2D eigenvalue weighted by atomic mass is 9.89. The van der Waals surface area contributed by atoms with Gasteiger partial charge in [0.2, 0.25) is 0 Å². The van der Waals surface area contributed by atoms with Crippen LogP contribution in [-0.4, -0.2) is 32.4 Å². The van der Waals surface area contributed by atoms with E-state index in [4.69, 9.17) is 9.47 Å². The third-order valence-corrected chi connectivity index (χ3v) is 3.50. The van der Waals surface area contributed by atoms with Gasteiger partial charge in [0.1, 0.15) is 5.75 Å². The predicted molar refractivity (Wildman–Crippen MR) is 73.1 cm³/mol. The van der Waals surface area contributed by atoms with Crippen molar-refractivity contribution in [1.82, 2.24) is 5.32 Å². The zero-order valence-electron chi connectivity index (χ0n) is 11.3. The molecule has 1 aromatic carbocycles. The number of ether oxygens (including phenoxy) is 2. The molecule has 0 spiro atoms. The highest BCUT2D eigenvalue weighted by atomic mass is 16.5. The lowest BCUT2D eigenvalue weighted by Crippen LogP contribution is -2.46. The van der Waals surface area contributed by atoms with Gasteiger partial charge in [0.05, 0.1) is 13.2 Å². The van der Waals surface area contributed by atoms with Crippen LogP contribution in [0.5, 0.6) is 5.75 Å². The Morgan fingerprint density at radius 2 is 1.94 bits per heavy atom. The number of rotatable bonds is 7. The molecule has 3 nitrogen and oxygen atoms in total. The van der Waals surface area contributed by atoms with Crippen molar-refractivity contribution in [2.45, 2.75) is 38.3 Å². The van der Waals surface area contributed by atoms with Gasteiger partial charge in [-0.3, -0.25) is 0 Å². The van der Waals surface area contributed by atoms with E-state index < -0.39 is 0 Å². The quantitative estimate of drug-likeness (QED) is 0.805. The van der Waals surface area contributed by atoms with Crippen LogP contribution in [-0.2, 0) is 11.2 Å². The van der Waals surface area contributed by atoms with Crippen molar-refractivity contribution < 1.29 is 9.47 Å². The smallest absolute Gasteiger partial charge is 0.118 e. The molecular formula is C15H23NO2. The second-order valence-electron chi connectivity index (χ2n) is 4.80. The summed E-state index contributed by atoms with van der Waals surface area (Å²) in [5.41, 5.74) is 1.35. The van der Waals surface area contributed by atoms with E-state index in [1.165, 1.54) is 5.56 Å². The standard InChI is InChI=1S/C15H23NO2/c1-3-18-15-10-13(11-15)16-9-8-12-4-6-14(17-2)7-5-12/h4-7,13,15-16H,3,8-11H2,1-2H3. The van der Waals surface area contributed by atoms with Crippen LogP contribution in [0.25, 0.3) is 0 Å². The van der Waals surface area contributed by atoms with Gasteiger partial charge in [-0.2, -0.15) is 0 Å². The van der Waals surface area contributed by atoms with Gasteiger partial charge in [-0.25, -0.2) is 0 Å². The van der Waals surface area contributed by atoms with E-state index in [0.717, 1.165) is 38.2 Å². The third kappa shape index (κ3) is 3.72. The fraction of sp³-hybridized carbons (Fsp3) is 0.600.